The summed E-state index contributed by atoms with van der Waals surface area (Å²) in [7, 11) is 0. The highest BCUT2D eigenvalue weighted by molar-refractivity contribution is 7.16. The SMILES string of the molecule is CCOC(=O)c1c(N=Cc2ccc3c(c2)OCO3)sc2c1CC(C)(C)NC2(C)C. The first-order valence-corrected chi connectivity index (χ1v) is 10.6. The van der Waals surface area contributed by atoms with E-state index in [2.05, 4.69) is 33.0 Å². The fourth-order valence-electron chi connectivity index (χ4n) is 4.15. The van der Waals surface area contributed by atoms with E-state index in [-0.39, 0.29) is 23.8 Å². The smallest absolute Gasteiger partial charge is 0.341 e. The van der Waals surface area contributed by atoms with E-state index in [1.54, 1.807) is 17.6 Å². The predicted octanol–water partition coefficient (Wildman–Crippen LogP) is 4.56. The van der Waals surface area contributed by atoms with Crippen LogP contribution in [0, 0.1) is 0 Å². The number of ether oxygens (including phenoxy) is 3. The number of fused-ring (bicyclic) bond motifs is 2. The number of nitrogens with one attached hydrogen (secondary N) is 1. The first-order chi connectivity index (χ1) is 13.7. The van der Waals surface area contributed by atoms with Crippen molar-refractivity contribution in [2.24, 2.45) is 4.99 Å². The van der Waals surface area contributed by atoms with E-state index in [1.165, 1.54) is 0 Å². The maximum atomic E-state index is 12.8. The van der Waals surface area contributed by atoms with E-state index in [9.17, 15) is 4.79 Å². The average molecular weight is 415 g/mol. The van der Waals surface area contributed by atoms with Gasteiger partial charge in [-0.3, -0.25) is 0 Å². The number of thiophene rings is 1. The lowest BCUT2D eigenvalue weighted by atomic mass is 9.81. The zero-order chi connectivity index (χ0) is 20.8. The van der Waals surface area contributed by atoms with Gasteiger partial charge >= 0.3 is 5.97 Å². The molecule has 6 nitrogen and oxygen atoms in total. The molecule has 1 N–H and O–H groups in total. The van der Waals surface area contributed by atoms with Crippen LogP contribution in [-0.4, -0.2) is 31.1 Å². The highest BCUT2D eigenvalue weighted by atomic mass is 32.1. The van der Waals surface area contributed by atoms with E-state index in [0.717, 1.165) is 28.2 Å². The highest BCUT2D eigenvalue weighted by Gasteiger charge is 2.41. The number of carbonyl (C=O) groups excluding carboxylic acids is 1. The van der Waals surface area contributed by atoms with Crippen molar-refractivity contribution >= 4 is 28.5 Å². The van der Waals surface area contributed by atoms with Crippen molar-refractivity contribution in [1.29, 1.82) is 0 Å². The molecule has 1 aromatic heterocycles. The predicted molar refractivity (Wildman–Crippen MR) is 114 cm³/mol. The third-order valence-electron chi connectivity index (χ3n) is 5.03. The fraction of sp³-hybridized carbons (Fsp3) is 0.455. The number of esters is 1. The maximum absolute atomic E-state index is 12.8. The highest BCUT2D eigenvalue weighted by Crippen LogP contribution is 2.46. The van der Waals surface area contributed by atoms with Crippen LogP contribution in [0.3, 0.4) is 0 Å². The molecule has 0 unspecified atom stereocenters. The normalized spacial score (nSPS) is 18.7. The number of hydrogen-bond acceptors (Lipinski definition) is 7. The van der Waals surface area contributed by atoms with Crippen molar-refractivity contribution in [2.45, 2.75) is 52.1 Å². The van der Waals surface area contributed by atoms with Crippen molar-refractivity contribution < 1.29 is 19.0 Å². The van der Waals surface area contributed by atoms with Crippen LogP contribution in [0.1, 0.15) is 61.0 Å². The minimum absolute atomic E-state index is 0.128. The number of nitrogens with zero attached hydrogens (tertiary/aromatic N) is 1. The van der Waals surface area contributed by atoms with E-state index >= 15 is 0 Å². The van der Waals surface area contributed by atoms with Crippen LogP contribution in [0.2, 0.25) is 0 Å². The molecule has 1 aromatic carbocycles. The van der Waals surface area contributed by atoms with Gasteiger partial charge in [0, 0.05) is 22.2 Å². The molecule has 0 saturated carbocycles. The third-order valence-corrected chi connectivity index (χ3v) is 6.50. The van der Waals surface area contributed by atoms with Gasteiger partial charge in [0.05, 0.1) is 12.2 Å². The van der Waals surface area contributed by atoms with Crippen molar-refractivity contribution in [3.05, 3.63) is 39.8 Å². The van der Waals surface area contributed by atoms with Crippen molar-refractivity contribution in [1.82, 2.24) is 5.32 Å². The summed E-state index contributed by atoms with van der Waals surface area (Å²) < 4.78 is 16.2. The Kier molecular flexibility index (Phi) is 4.91. The van der Waals surface area contributed by atoms with Crippen LogP contribution in [0.15, 0.2) is 23.2 Å². The zero-order valence-corrected chi connectivity index (χ0v) is 18.2. The van der Waals surface area contributed by atoms with E-state index in [4.69, 9.17) is 19.2 Å². The molecule has 2 aliphatic rings. The summed E-state index contributed by atoms with van der Waals surface area (Å²) >= 11 is 1.55. The number of carbonyl (C=O) groups is 1. The molecule has 0 atom stereocenters. The van der Waals surface area contributed by atoms with Crippen LogP contribution < -0.4 is 14.8 Å². The lowest BCUT2D eigenvalue weighted by Crippen LogP contribution is -2.55. The maximum Gasteiger partial charge on any atom is 0.341 e. The van der Waals surface area contributed by atoms with Gasteiger partial charge in [-0.1, -0.05) is 0 Å². The molecule has 0 aliphatic carbocycles. The monoisotopic (exact) mass is 414 g/mol. The van der Waals surface area contributed by atoms with Gasteiger partial charge in [0.2, 0.25) is 6.79 Å². The molecule has 0 amide bonds. The van der Waals surface area contributed by atoms with Gasteiger partial charge in [-0.25, -0.2) is 9.79 Å². The molecule has 29 heavy (non-hydrogen) atoms. The molecule has 2 aliphatic heterocycles. The Morgan fingerprint density at radius 2 is 2.03 bits per heavy atom. The molecule has 0 radical (unpaired) electrons. The van der Waals surface area contributed by atoms with Crippen molar-refractivity contribution in [3.8, 4) is 11.5 Å². The topological polar surface area (TPSA) is 69.2 Å². The quantitative estimate of drug-likeness (QED) is 0.587. The third kappa shape index (κ3) is 3.76. The van der Waals surface area contributed by atoms with Crippen molar-refractivity contribution in [2.75, 3.05) is 13.4 Å². The Hall–Kier alpha value is -2.38. The molecule has 0 bridgehead atoms. The van der Waals surface area contributed by atoms with Gasteiger partial charge in [-0.15, -0.1) is 11.3 Å². The van der Waals surface area contributed by atoms with Gasteiger partial charge in [0.15, 0.2) is 11.5 Å². The minimum atomic E-state index is -0.309. The summed E-state index contributed by atoms with van der Waals surface area (Å²) in [5, 5.41) is 4.36. The van der Waals surface area contributed by atoms with Gasteiger partial charge in [0.1, 0.15) is 5.00 Å². The van der Waals surface area contributed by atoms with Crippen molar-refractivity contribution in [3.63, 3.8) is 0 Å². The van der Waals surface area contributed by atoms with Gasteiger partial charge < -0.3 is 19.5 Å². The van der Waals surface area contributed by atoms with E-state index < -0.39 is 0 Å². The Labute approximate surface area is 174 Å². The first kappa shape index (κ1) is 19.9. The molecule has 0 fully saturated rings. The zero-order valence-electron chi connectivity index (χ0n) is 17.4. The van der Waals surface area contributed by atoms with E-state index in [0.29, 0.717) is 22.9 Å². The molecule has 4 rings (SSSR count). The molecular formula is C22H26N2O4S. The second-order valence-corrected chi connectivity index (χ2v) is 9.49. The fourth-order valence-corrected chi connectivity index (χ4v) is 5.36. The minimum Gasteiger partial charge on any atom is -0.462 e. The van der Waals surface area contributed by atoms with Crippen LogP contribution >= 0.6 is 11.3 Å². The number of benzene rings is 1. The Bertz CT molecular complexity index is 991. The Balaban J connectivity index is 1.77. The lowest BCUT2D eigenvalue weighted by Gasteiger charge is -2.42. The summed E-state index contributed by atoms with van der Waals surface area (Å²) in [5.41, 5.74) is 2.13. The van der Waals surface area contributed by atoms with Gasteiger partial charge in [0.25, 0.3) is 0 Å². The lowest BCUT2D eigenvalue weighted by molar-refractivity contribution is 0.0525. The van der Waals surface area contributed by atoms with Crippen LogP contribution in [0.4, 0.5) is 5.00 Å². The van der Waals surface area contributed by atoms with Crippen LogP contribution in [0.5, 0.6) is 11.5 Å². The molecule has 2 aromatic rings. The van der Waals surface area contributed by atoms with Crippen LogP contribution in [0.25, 0.3) is 0 Å². The van der Waals surface area contributed by atoms with Crippen LogP contribution in [-0.2, 0) is 16.7 Å². The molecular weight excluding hydrogens is 388 g/mol. The first-order valence-electron chi connectivity index (χ1n) is 9.76. The van der Waals surface area contributed by atoms with E-state index in [1.807, 2.05) is 25.1 Å². The van der Waals surface area contributed by atoms with Gasteiger partial charge in [-0.05, 0) is 70.4 Å². The molecule has 154 valence electrons. The Morgan fingerprint density at radius 3 is 2.79 bits per heavy atom. The summed E-state index contributed by atoms with van der Waals surface area (Å²) in [4.78, 5) is 18.7. The number of aliphatic imine (C=N–C) groups is 1. The molecule has 7 heteroatoms. The summed E-state index contributed by atoms with van der Waals surface area (Å²) in [6.45, 7) is 11.0. The molecule has 0 saturated heterocycles. The van der Waals surface area contributed by atoms with Gasteiger partial charge in [-0.2, -0.15) is 0 Å². The average Bonchev–Trinajstić information content (AvgIpc) is 3.22. The number of hydrogen-bond donors (Lipinski definition) is 1. The summed E-state index contributed by atoms with van der Waals surface area (Å²) in [6, 6.07) is 5.67. The largest absolute Gasteiger partial charge is 0.462 e. The summed E-state index contributed by atoms with van der Waals surface area (Å²) in [6.07, 6.45) is 2.50. The molecule has 0 spiro atoms. The Morgan fingerprint density at radius 1 is 1.28 bits per heavy atom. The summed E-state index contributed by atoms with van der Waals surface area (Å²) in [5.74, 6) is 1.13. The second-order valence-electron chi connectivity index (χ2n) is 8.49. The number of rotatable bonds is 4. The standard InChI is InChI=1S/C22H26N2O4S/c1-6-26-20(25)17-14-10-21(2,3)24-22(4,5)18(14)29-19(17)23-11-13-7-8-15-16(9-13)28-12-27-15/h7-9,11,24H,6,10,12H2,1-5H3. The second kappa shape index (κ2) is 7.15. The molecule has 3 heterocycles.